The van der Waals surface area contributed by atoms with E-state index in [1.54, 1.807) is 37.4 Å². The lowest BCUT2D eigenvalue weighted by atomic mass is 9.95. The van der Waals surface area contributed by atoms with E-state index in [4.69, 9.17) is 5.14 Å². The van der Waals surface area contributed by atoms with E-state index in [0.29, 0.717) is 29.7 Å². The summed E-state index contributed by atoms with van der Waals surface area (Å²) in [5, 5.41) is 16.3. The van der Waals surface area contributed by atoms with Crippen LogP contribution in [-0.4, -0.2) is 26.3 Å². The first-order valence-electron chi connectivity index (χ1n) is 10.6. The predicted molar refractivity (Wildman–Crippen MR) is 130 cm³/mol. The number of nitro benzene ring substituents is 1. The van der Waals surface area contributed by atoms with Crippen molar-refractivity contribution >= 4 is 33.4 Å². The number of carbonyl (C=O) groups is 1. The third-order valence-electron chi connectivity index (χ3n) is 6.03. The molecule has 9 heteroatoms. The summed E-state index contributed by atoms with van der Waals surface area (Å²) in [7, 11) is -2.34. The summed E-state index contributed by atoms with van der Waals surface area (Å²) < 4.78 is 24.5. The Bertz CT molecular complexity index is 1370. The Kier molecular flexibility index (Phi) is 6.32. The second-order valence-corrected chi connectivity index (χ2v) is 9.75. The van der Waals surface area contributed by atoms with Crippen LogP contribution < -0.4 is 10.0 Å². The maximum atomic E-state index is 12.8. The van der Waals surface area contributed by atoms with Crippen LogP contribution in [0.25, 0.3) is 6.08 Å². The number of primary sulfonamides is 1. The van der Waals surface area contributed by atoms with Gasteiger partial charge in [-0.1, -0.05) is 24.3 Å². The van der Waals surface area contributed by atoms with Crippen LogP contribution in [0.5, 0.6) is 0 Å². The number of sulfonamides is 1. The molecule has 0 spiro atoms. The average Bonchev–Trinajstić information content (AvgIpc) is 3.25. The van der Waals surface area contributed by atoms with Gasteiger partial charge in [0.25, 0.3) is 11.6 Å². The molecule has 0 radical (unpaired) electrons. The van der Waals surface area contributed by atoms with Gasteiger partial charge in [0.2, 0.25) is 10.0 Å². The lowest BCUT2D eigenvalue weighted by molar-refractivity contribution is -0.384. The van der Waals surface area contributed by atoms with E-state index in [-0.39, 0.29) is 22.4 Å². The van der Waals surface area contributed by atoms with Crippen LogP contribution in [0.2, 0.25) is 0 Å². The van der Waals surface area contributed by atoms with Crippen LogP contribution >= 0.6 is 0 Å². The van der Waals surface area contributed by atoms with Gasteiger partial charge in [0.1, 0.15) is 0 Å². The van der Waals surface area contributed by atoms with Crippen molar-refractivity contribution in [2.45, 2.75) is 23.7 Å². The quantitative estimate of drug-likeness (QED) is 0.329. The highest BCUT2D eigenvalue weighted by Gasteiger charge is 2.28. The Morgan fingerprint density at radius 1 is 1.06 bits per heavy atom. The third-order valence-corrected chi connectivity index (χ3v) is 7.02. The number of rotatable bonds is 6. The molecule has 4 rings (SSSR count). The molecule has 0 heterocycles. The standard InChI is InChI=1S/C25H23N3O5S/c1-27(25(29)13-8-17-6-9-21(10-7-17)28(30)31)22-11-12-24(34(26,32)33)23(16-22)20-14-18-4-2-3-5-19(18)15-20/h2-13,16,20H,14-15H2,1H3,(H2,26,32,33). The molecule has 3 aromatic carbocycles. The molecule has 0 bridgehead atoms. The lowest BCUT2D eigenvalue weighted by Crippen LogP contribution is -2.25. The molecule has 0 saturated heterocycles. The Hall–Kier alpha value is -3.82. The smallest absolute Gasteiger partial charge is 0.269 e. The van der Waals surface area contributed by atoms with Crippen molar-refractivity contribution in [2.24, 2.45) is 5.14 Å². The summed E-state index contributed by atoms with van der Waals surface area (Å²) in [6, 6.07) is 18.6. The number of carbonyl (C=O) groups excluding carboxylic acids is 1. The van der Waals surface area contributed by atoms with Gasteiger partial charge in [-0.15, -0.1) is 0 Å². The summed E-state index contributed by atoms with van der Waals surface area (Å²) in [4.78, 5) is 24.5. The topological polar surface area (TPSA) is 124 Å². The van der Waals surface area contributed by atoms with Crippen LogP contribution in [0.3, 0.4) is 0 Å². The zero-order chi connectivity index (χ0) is 24.5. The Morgan fingerprint density at radius 2 is 1.68 bits per heavy atom. The van der Waals surface area contributed by atoms with Crippen molar-refractivity contribution in [1.82, 2.24) is 0 Å². The highest BCUT2D eigenvalue weighted by Crippen LogP contribution is 2.38. The molecule has 1 aliphatic carbocycles. The van der Waals surface area contributed by atoms with E-state index in [2.05, 4.69) is 0 Å². The first-order valence-corrected chi connectivity index (χ1v) is 12.1. The lowest BCUT2D eigenvalue weighted by Gasteiger charge is -2.20. The fourth-order valence-electron chi connectivity index (χ4n) is 4.22. The Balaban J connectivity index is 1.59. The molecular weight excluding hydrogens is 454 g/mol. The minimum absolute atomic E-state index is 0.0304. The van der Waals surface area contributed by atoms with Gasteiger partial charge in [-0.2, -0.15) is 0 Å². The number of nitrogens with zero attached hydrogens (tertiary/aromatic N) is 2. The molecule has 0 fully saturated rings. The number of nitro groups is 1. The van der Waals surface area contributed by atoms with Crippen molar-refractivity contribution in [3.63, 3.8) is 0 Å². The molecule has 0 atom stereocenters. The van der Waals surface area contributed by atoms with Gasteiger partial charge in [0.05, 0.1) is 9.82 Å². The number of benzene rings is 3. The van der Waals surface area contributed by atoms with Crippen LogP contribution in [0, 0.1) is 10.1 Å². The molecule has 1 amide bonds. The predicted octanol–water partition coefficient (Wildman–Crippen LogP) is 3.80. The van der Waals surface area contributed by atoms with Gasteiger partial charge in [0.15, 0.2) is 0 Å². The van der Waals surface area contributed by atoms with Crippen LogP contribution in [0.1, 0.15) is 28.2 Å². The summed E-state index contributed by atoms with van der Waals surface area (Å²) in [5.41, 5.74) is 4.09. The minimum atomic E-state index is -3.94. The zero-order valence-electron chi connectivity index (χ0n) is 18.4. The highest BCUT2D eigenvalue weighted by atomic mass is 32.2. The maximum absolute atomic E-state index is 12.8. The van der Waals surface area contributed by atoms with Gasteiger partial charge in [-0.05, 0) is 77.4 Å². The molecule has 174 valence electrons. The molecule has 0 saturated carbocycles. The SMILES string of the molecule is CN(C(=O)C=Cc1ccc([N+](=O)[O-])cc1)c1ccc(S(N)(=O)=O)c(C2Cc3ccccc3C2)c1. The van der Waals surface area contributed by atoms with E-state index < -0.39 is 14.9 Å². The fourth-order valence-corrected chi connectivity index (χ4v) is 5.03. The number of likely N-dealkylation sites (N-methyl/N-ethyl adjacent to an activating group) is 1. The van der Waals surface area contributed by atoms with Crippen molar-refractivity contribution in [3.8, 4) is 0 Å². The fraction of sp³-hybridized carbons (Fsp3) is 0.160. The molecule has 0 aliphatic heterocycles. The van der Waals surface area contributed by atoms with E-state index in [0.717, 1.165) is 0 Å². The summed E-state index contributed by atoms with van der Waals surface area (Å²) in [5.74, 6) is -0.396. The summed E-state index contributed by atoms with van der Waals surface area (Å²) in [6.45, 7) is 0. The molecule has 0 aromatic heterocycles. The van der Waals surface area contributed by atoms with E-state index in [1.807, 2.05) is 24.3 Å². The highest BCUT2D eigenvalue weighted by molar-refractivity contribution is 7.89. The van der Waals surface area contributed by atoms with Crippen molar-refractivity contribution in [2.75, 3.05) is 11.9 Å². The number of nitrogens with two attached hydrogens (primary N) is 1. The van der Waals surface area contributed by atoms with E-state index in [1.165, 1.54) is 40.3 Å². The molecule has 34 heavy (non-hydrogen) atoms. The molecule has 1 aliphatic rings. The monoisotopic (exact) mass is 477 g/mol. The summed E-state index contributed by atoms with van der Waals surface area (Å²) in [6.07, 6.45) is 4.31. The number of non-ortho nitro benzene ring substituents is 1. The van der Waals surface area contributed by atoms with Crippen molar-refractivity contribution in [3.05, 3.63) is 105 Å². The third kappa shape index (κ3) is 4.90. The number of anilines is 1. The molecular formula is C25H23N3O5S. The van der Waals surface area contributed by atoms with Crippen molar-refractivity contribution < 1.29 is 18.1 Å². The van der Waals surface area contributed by atoms with E-state index >= 15 is 0 Å². The minimum Gasteiger partial charge on any atom is -0.312 e. The molecule has 3 aromatic rings. The van der Waals surface area contributed by atoms with Gasteiger partial charge in [-0.3, -0.25) is 14.9 Å². The molecule has 2 N–H and O–H groups in total. The first kappa shape index (κ1) is 23.3. The number of hydrogen-bond donors (Lipinski definition) is 1. The number of amides is 1. The number of fused-ring (bicyclic) bond motifs is 1. The second kappa shape index (κ2) is 9.20. The van der Waals surface area contributed by atoms with E-state index in [9.17, 15) is 23.3 Å². The van der Waals surface area contributed by atoms with Crippen LogP contribution in [0.15, 0.2) is 77.7 Å². The second-order valence-electron chi connectivity index (χ2n) is 8.22. The van der Waals surface area contributed by atoms with Gasteiger partial charge < -0.3 is 4.90 Å². The first-order chi connectivity index (χ1) is 16.1. The van der Waals surface area contributed by atoms with Crippen LogP contribution in [0.4, 0.5) is 11.4 Å². The largest absolute Gasteiger partial charge is 0.312 e. The van der Waals surface area contributed by atoms with Gasteiger partial charge in [0, 0.05) is 30.9 Å². The molecule has 8 nitrogen and oxygen atoms in total. The van der Waals surface area contributed by atoms with Crippen molar-refractivity contribution in [1.29, 1.82) is 0 Å². The van der Waals surface area contributed by atoms with Crippen LogP contribution in [-0.2, 0) is 27.7 Å². The summed E-state index contributed by atoms with van der Waals surface area (Å²) >= 11 is 0. The molecule has 0 unspecified atom stereocenters. The normalized spacial score (nSPS) is 13.7. The Morgan fingerprint density at radius 3 is 2.24 bits per heavy atom. The maximum Gasteiger partial charge on any atom is 0.269 e. The Labute approximate surface area is 197 Å². The number of hydrogen-bond acceptors (Lipinski definition) is 5. The van der Waals surface area contributed by atoms with Gasteiger partial charge in [-0.25, -0.2) is 13.6 Å². The van der Waals surface area contributed by atoms with Gasteiger partial charge >= 0.3 is 0 Å². The zero-order valence-corrected chi connectivity index (χ0v) is 19.2. The average molecular weight is 478 g/mol.